The number of nitrogens with one attached hydrogen (secondary N) is 1. The zero-order valence-electron chi connectivity index (χ0n) is 11.1. The third-order valence-electron chi connectivity index (χ3n) is 2.80. The molecular formula is C9H7F12NO2. The van der Waals surface area contributed by atoms with Crippen LogP contribution < -0.4 is 5.32 Å². The summed E-state index contributed by atoms with van der Waals surface area (Å²) >= 11 is 0. The Labute approximate surface area is 124 Å². The van der Waals surface area contributed by atoms with Crippen molar-refractivity contribution in [3.05, 3.63) is 0 Å². The lowest BCUT2D eigenvalue weighted by molar-refractivity contribution is -0.446. The first-order valence-corrected chi connectivity index (χ1v) is 5.71. The van der Waals surface area contributed by atoms with Crippen LogP contribution in [0.4, 0.5) is 52.7 Å². The Kier molecular flexibility index (Phi) is 5.09. The van der Waals surface area contributed by atoms with Crippen LogP contribution in [0.5, 0.6) is 0 Å². The Morgan fingerprint density at radius 1 is 0.750 bits per heavy atom. The molecule has 144 valence electrons. The van der Waals surface area contributed by atoms with E-state index in [0.29, 0.717) is 12.2 Å². The summed E-state index contributed by atoms with van der Waals surface area (Å²) in [5, 5.41) is 0.547. The van der Waals surface area contributed by atoms with Gasteiger partial charge in [0.15, 0.2) is 0 Å². The van der Waals surface area contributed by atoms with Crippen molar-refractivity contribution in [2.45, 2.75) is 55.8 Å². The second kappa shape index (κ2) is 5.79. The van der Waals surface area contributed by atoms with E-state index in [1.165, 1.54) is 0 Å². The molecule has 1 rings (SSSR count). The van der Waals surface area contributed by atoms with Gasteiger partial charge in [0.2, 0.25) is 6.04 Å². The molecule has 24 heavy (non-hydrogen) atoms. The van der Waals surface area contributed by atoms with Crippen LogP contribution in [-0.4, -0.2) is 48.9 Å². The summed E-state index contributed by atoms with van der Waals surface area (Å²) in [6.07, 6.45) is -30.1. The highest BCUT2D eigenvalue weighted by Crippen LogP contribution is 2.51. The second-order valence-corrected chi connectivity index (χ2v) is 4.66. The normalized spacial score (nSPS) is 26.2. The van der Waals surface area contributed by atoms with Crippen molar-refractivity contribution in [2.24, 2.45) is 0 Å². The van der Waals surface area contributed by atoms with E-state index in [1.54, 1.807) is 0 Å². The minimum atomic E-state index is -6.30. The first-order valence-electron chi connectivity index (χ1n) is 5.71. The van der Waals surface area contributed by atoms with Gasteiger partial charge < -0.3 is 9.47 Å². The molecule has 15 heteroatoms. The van der Waals surface area contributed by atoms with Crippen LogP contribution in [0.2, 0.25) is 0 Å². The highest BCUT2D eigenvalue weighted by molar-refractivity contribution is 4.96. The average molecular weight is 389 g/mol. The first kappa shape index (κ1) is 21.1. The van der Waals surface area contributed by atoms with Crippen LogP contribution in [-0.2, 0) is 9.47 Å². The maximum Gasteiger partial charge on any atom is 0.453 e. The fourth-order valence-corrected chi connectivity index (χ4v) is 1.76. The van der Waals surface area contributed by atoms with Gasteiger partial charge >= 0.3 is 30.5 Å². The molecule has 1 aliphatic rings. The van der Waals surface area contributed by atoms with E-state index < -0.39 is 48.9 Å². The van der Waals surface area contributed by atoms with Crippen LogP contribution in [0.3, 0.4) is 0 Å². The standard InChI is InChI=1S/C9H7F12NO2/c1-2-3(22-4(5(10,11)12)6(13,14)15)24-7(23-2,8(16,17)18)9(19,20)21/h2-4,22H,1H3/t2-,3+/m1/s1. The quantitative estimate of drug-likeness (QED) is 0.732. The van der Waals surface area contributed by atoms with E-state index in [2.05, 4.69) is 9.47 Å². The van der Waals surface area contributed by atoms with E-state index in [1.807, 2.05) is 0 Å². The van der Waals surface area contributed by atoms with Crippen LogP contribution in [0.15, 0.2) is 0 Å². The van der Waals surface area contributed by atoms with Crippen molar-refractivity contribution in [1.82, 2.24) is 5.32 Å². The zero-order valence-corrected chi connectivity index (χ0v) is 11.1. The summed E-state index contributed by atoms with van der Waals surface area (Å²) in [6, 6.07) is -4.42. The predicted molar refractivity (Wildman–Crippen MR) is 49.3 cm³/mol. The molecule has 1 heterocycles. The predicted octanol–water partition coefficient (Wildman–Crippen LogP) is 3.65. The molecule has 1 N–H and O–H groups in total. The van der Waals surface area contributed by atoms with E-state index in [9.17, 15) is 52.7 Å². The Morgan fingerprint density at radius 2 is 1.12 bits per heavy atom. The Bertz CT molecular complexity index is 421. The smallest absolute Gasteiger partial charge is 0.328 e. The lowest BCUT2D eigenvalue weighted by Crippen LogP contribution is -2.60. The van der Waals surface area contributed by atoms with Crippen LogP contribution in [0.1, 0.15) is 6.92 Å². The molecule has 0 bridgehead atoms. The molecule has 0 saturated carbocycles. The fourth-order valence-electron chi connectivity index (χ4n) is 1.76. The van der Waals surface area contributed by atoms with Gasteiger partial charge in [0, 0.05) is 0 Å². The number of hydrogen-bond acceptors (Lipinski definition) is 3. The molecule has 0 radical (unpaired) electrons. The Morgan fingerprint density at radius 3 is 1.38 bits per heavy atom. The van der Waals surface area contributed by atoms with Gasteiger partial charge in [-0.25, -0.2) is 0 Å². The maximum atomic E-state index is 12.6. The van der Waals surface area contributed by atoms with Crippen molar-refractivity contribution in [3.8, 4) is 0 Å². The summed E-state index contributed by atoms with van der Waals surface area (Å²) < 4.78 is 157. The topological polar surface area (TPSA) is 30.5 Å². The van der Waals surface area contributed by atoms with E-state index in [-0.39, 0.29) is 0 Å². The van der Waals surface area contributed by atoms with Crippen molar-refractivity contribution in [3.63, 3.8) is 0 Å². The molecule has 1 saturated heterocycles. The molecule has 1 fully saturated rings. The van der Waals surface area contributed by atoms with Gasteiger partial charge in [-0.3, -0.25) is 5.32 Å². The summed E-state index contributed by atoms with van der Waals surface area (Å²) in [4.78, 5) is 0. The van der Waals surface area contributed by atoms with Crippen LogP contribution in [0, 0.1) is 0 Å². The third kappa shape index (κ3) is 3.82. The molecule has 3 nitrogen and oxygen atoms in total. The molecule has 0 aromatic rings. The molecule has 0 amide bonds. The van der Waals surface area contributed by atoms with Gasteiger partial charge in [0.1, 0.15) is 6.23 Å². The molecule has 0 aromatic carbocycles. The lowest BCUT2D eigenvalue weighted by Gasteiger charge is -2.32. The maximum absolute atomic E-state index is 12.6. The van der Waals surface area contributed by atoms with Gasteiger partial charge in [-0.05, 0) is 6.92 Å². The fraction of sp³-hybridized carbons (Fsp3) is 1.00. The summed E-state index contributed by atoms with van der Waals surface area (Å²) in [5.41, 5.74) is 0. The highest BCUT2D eigenvalue weighted by Gasteiger charge is 2.79. The number of halogens is 12. The minimum absolute atomic E-state index is 0.390. The van der Waals surface area contributed by atoms with Gasteiger partial charge in [-0.15, -0.1) is 0 Å². The average Bonchev–Trinajstić information content (AvgIpc) is 2.60. The highest BCUT2D eigenvalue weighted by atomic mass is 19.4. The molecule has 0 aliphatic carbocycles. The monoisotopic (exact) mass is 389 g/mol. The number of rotatable bonds is 2. The van der Waals surface area contributed by atoms with E-state index in [0.717, 1.165) is 0 Å². The second-order valence-electron chi connectivity index (χ2n) is 4.66. The van der Waals surface area contributed by atoms with Gasteiger partial charge in [-0.2, -0.15) is 52.7 Å². The van der Waals surface area contributed by atoms with Gasteiger partial charge in [-0.1, -0.05) is 0 Å². The number of hydrogen-bond donors (Lipinski definition) is 1. The van der Waals surface area contributed by atoms with E-state index in [4.69, 9.17) is 0 Å². The first-order chi connectivity index (χ1) is 10.3. The van der Waals surface area contributed by atoms with Crippen LogP contribution in [0.25, 0.3) is 0 Å². The van der Waals surface area contributed by atoms with Gasteiger partial charge in [0.05, 0.1) is 6.10 Å². The summed E-state index contributed by atoms with van der Waals surface area (Å²) in [7, 11) is 0. The van der Waals surface area contributed by atoms with Crippen molar-refractivity contribution >= 4 is 0 Å². The zero-order chi connectivity index (χ0) is 19.4. The SMILES string of the molecule is C[C@H]1OC(C(F)(F)F)(C(F)(F)F)O[C@@H]1NC(C(F)(F)F)C(F)(F)F. The lowest BCUT2D eigenvalue weighted by atomic mass is 10.2. The molecule has 0 unspecified atom stereocenters. The van der Waals surface area contributed by atoms with Crippen molar-refractivity contribution in [2.75, 3.05) is 0 Å². The van der Waals surface area contributed by atoms with E-state index >= 15 is 0 Å². The molecule has 1 aliphatic heterocycles. The van der Waals surface area contributed by atoms with Crippen molar-refractivity contribution in [1.29, 1.82) is 0 Å². The van der Waals surface area contributed by atoms with Crippen molar-refractivity contribution < 1.29 is 62.2 Å². The number of alkyl halides is 12. The van der Waals surface area contributed by atoms with Crippen LogP contribution >= 0.6 is 0 Å². The number of ether oxygens (including phenoxy) is 2. The summed E-state index contributed by atoms with van der Waals surface area (Å²) in [6.45, 7) is 0.390. The Balaban J connectivity index is 3.17. The Hall–Kier alpha value is -0.960. The molecular weight excluding hydrogens is 382 g/mol. The molecule has 0 spiro atoms. The minimum Gasteiger partial charge on any atom is -0.328 e. The largest absolute Gasteiger partial charge is 0.453 e. The summed E-state index contributed by atoms with van der Waals surface area (Å²) in [5.74, 6) is -5.35. The molecule has 0 aromatic heterocycles. The molecule has 2 atom stereocenters. The third-order valence-corrected chi connectivity index (χ3v) is 2.80. The van der Waals surface area contributed by atoms with Gasteiger partial charge in [0.25, 0.3) is 0 Å².